The van der Waals surface area contributed by atoms with Gasteiger partial charge in [0.05, 0.1) is 25.0 Å². The quantitative estimate of drug-likeness (QED) is 0.157. The Morgan fingerprint density at radius 3 is 2.83 bits per heavy atom. The minimum absolute atomic E-state index is 0.254. The van der Waals surface area contributed by atoms with E-state index < -0.39 is 49.1 Å². The Bertz CT molecular complexity index is 1320. The number of hydrogen-bond acceptors (Lipinski definition) is 10. The van der Waals surface area contributed by atoms with Gasteiger partial charge >= 0.3 is 0 Å². The summed E-state index contributed by atoms with van der Waals surface area (Å²) in [5, 5.41) is 37.9. The highest BCUT2D eigenvalue weighted by atomic mass is 16.5. The van der Waals surface area contributed by atoms with Gasteiger partial charge in [-0.25, -0.2) is 15.0 Å². The molecule has 0 spiro atoms. The van der Waals surface area contributed by atoms with Crippen molar-refractivity contribution >= 4 is 33.8 Å². The van der Waals surface area contributed by atoms with Gasteiger partial charge < -0.3 is 46.4 Å². The van der Waals surface area contributed by atoms with Crippen LogP contribution in [0.2, 0.25) is 0 Å². The topological polar surface area (TPSA) is 207 Å². The highest BCUT2D eigenvalue weighted by Crippen LogP contribution is 2.25. The minimum atomic E-state index is -1.46. The Kier molecular flexibility index (Phi) is 6.32. The van der Waals surface area contributed by atoms with E-state index in [4.69, 9.17) is 10.5 Å². The maximum absolute atomic E-state index is 12.9. The summed E-state index contributed by atoms with van der Waals surface area (Å²) in [4.78, 5) is 31.1. The van der Waals surface area contributed by atoms with Crippen LogP contribution in [-0.2, 0) is 16.0 Å². The molecule has 0 unspecified atom stereocenters. The second-order valence-electron chi connectivity index (χ2n) is 8.43. The molecule has 1 saturated heterocycles. The summed E-state index contributed by atoms with van der Waals surface area (Å²) in [6.45, 7) is -0.520. The smallest absolute Gasteiger partial charge is 0.237 e. The number of carbonyl (C=O) groups is 1. The molecule has 13 nitrogen and oxygen atoms in total. The molecule has 184 valence electrons. The van der Waals surface area contributed by atoms with Crippen LogP contribution < -0.4 is 16.4 Å². The largest absolute Gasteiger partial charge is 0.394 e. The van der Waals surface area contributed by atoms with Gasteiger partial charge in [-0.3, -0.25) is 4.79 Å². The Balaban J connectivity index is 1.27. The fraction of sp³-hybridized carbons (Fsp3) is 0.364. The van der Waals surface area contributed by atoms with Crippen molar-refractivity contribution < 1.29 is 24.9 Å². The molecule has 13 heteroatoms. The molecule has 0 aliphatic carbocycles. The van der Waals surface area contributed by atoms with Gasteiger partial charge in [-0.05, 0) is 18.1 Å². The number of aliphatic hydroxyl groups excluding tert-OH is 3. The molecular weight excluding hydrogens is 456 g/mol. The van der Waals surface area contributed by atoms with Gasteiger partial charge in [0, 0.05) is 17.1 Å². The Hall–Kier alpha value is -3.62. The number of ether oxygens (including phenoxy) is 1. The van der Waals surface area contributed by atoms with Gasteiger partial charge in [-0.1, -0.05) is 18.2 Å². The standard InChI is InChI=1S/C22H26N8O5/c23-12(5-10-6-24-13-4-2-1-3-11(10)13)21(34)29-15-14(7-31)35-22(18(33)17(15)32)30-20-16-19(26-8-25-16)27-9-28-20/h1-4,6,8-9,12,14-15,17-18,22,24,31-33H,5,7,23H2,(H,29,34)(H2,25,26,27,28,30)/t12-,14-,15-,17+,18-,22-/m0/s1. The van der Waals surface area contributed by atoms with Crippen molar-refractivity contribution in [1.82, 2.24) is 30.2 Å². The molecule has 0 radical (unpaired) electrons. The van der Waals surface area contributed by atoms with E-state index in [0.717, 1.165) is 16.5 Å². The number of aromatic nitrogens is 5. The van der Waals surface area contributed by atoms with Crippen molar-refractivity contribution in [2.24, 2.45) is 5.73 Å². The maximum atomic E-state index is 12.9. The predicted molar refractivity (Wildman–Crippen MR) is 125 cm³/mol. The molecule has 4 aromatic rings. The molecule has 1 fully saturated rings. The first-order valence-corrected chi connectivity index (χ1v) is 11.1. The average molecular weight is 483 g/mol. The molecule has 0 saturated carbocycles. The van der Waals surface area contributed by atoms with Crippen LogP contribution in [-0.4, -0.2) is 89.4 Å². The number of amides is 1. The number of carbonyl (C=O) groups excluding carboxylic acids is 1. The van der Waals surface area contributed by atoms with Gasteiger partial charge in [-0.15, -0.1) is 0 Å². The van der Waals surface area contributed by atoms with E-state index in [1.54, 1.807) is 6.20 Å². The van der Waals surface area contributed by atoms with Gasteiger partial charge in [0.1, 0.15) is 30.2 Å². The van der Waals surface area contributed by atoms with Gasteiger partial charge in [-0.2, -0.15) is 0 Å². The van der Waals surface area contributed by atoms with Crippen LogP contribution in [0.25, 0.3) is 22.1 Å². The zero-order chi connectivity index (χ0) is 24.5. The van der Waals surface area contributed by atoms with Crippen molar-refractivity contribution in [2.75, 3.05) is 11.9 Å². The summed E-state index contributed by atoms with van der Waals surface area (Å²) in [6, 6.07) is 5.65. The molecule has 35 heavy (non-hydrogen) atoms. The van der Waals surface area contributed by atoms with Gasteiger partial charge in [0.2, 0.25) is 5.91 Å². The molecule has 9 N–H and O–H groups in total. The van der Waals surface area contributed by atoms with Crippen LogP contribution in [0.3, 0.4) is 0 Å². The fourth-order valence-electron chi connectivity index (χ4n) is 4.33. The number of imidazole rings is 1. The molecule has 1 amide bonds. The molecule has 3 aromatic heterocycles. The number of nitrogens with two attached hydrogens (primary N) is 1. The Morgan fingerprint density at radius 1 is 1.17 bits per heavy atom. The lowest BCUT2D eigenvalue weighted by atomic mass is 9.94. The molecule has 1 aromatic carbocycles. The summed E-state index contributed by atoms with van der Waals surface area (Å²) in [7, 11) is 0. The van der Waals surface area contributed by atoms with Crippen molar-refractivity contribution in [1.29, 1.82) is 0 Å². The minimum Gasteiger partial charge on any atom is -0.394 e. The number of benzene rings is 1. The van der Waals surface area contributed by atoms with E-state index in [-0.39, 0.29) is 6.42 Å². The van der Waals surface area contributed by atoms with Crippen molar-refractivity contribution in [3.05, 3.63) is 48.7 Å². The second-order valence-corrected chi connectivity index (χ2v) is 8.43. The maximum Gasteiger partial charge on any atom is 0.237 e. The molecule has 4 heterocycles. The number of fused-ring (bicyclic) bond motifs is 2. The first kappa shape index (κ1) is 23.1. The average Bonchev–Trinajstić information content (AvgIpc) is 3.51. The van der Waals surface area contributed by atoms with E-state index in [9.17, 15) is 20.1 Å². The molecule has 5 rings (SSSR count). The highest BCUT2D eigenvalue weighted by molar-refractivity contribution is 5.86. The number of aromatic amines is 2. The summed E-state index contributed by atoms with van der Waals surface area (Å²) in [5.74, 6) is -0.251. The lowest BCUT2D eigenvalue weighted by molar-refractivity contribution is -0.185. The van der Waals surface area contributed by atoms with E-state index in [1.165, 1.54) is 12.7 Å². The molecule has 1 aliphatic rings. The fourth-order valence-corrected chi connectivity index (χ4v) is 4.33. The second kappa shape index (κ2) is 9.56. The first-order chi connectivity index (χ1) is 17.0. The van der Waals surface area contributed by atoms with Crippen LogP contribution in [0.1, 0.15) is 5.56 Å². The predicted octanol–water partition coefficient (Wildman–Crippen LogP) is -1.26. The van der Waals surface area contributed by atoms with Crippen LogP contribution in [0.5, 0.6) is 0 Å². The lowest BCUT2D eigenvalue weighted by Gasteiger charge is -2.43. The van der Waals surface area contributed by atoms with Gasteiger partial charge in [0.25, 0.3) is 0 Å². The Labute approximate surface area is 198 Å². The number of rotatable bonds is 7. The number of aliphatic hydroxyl groups is 3. The molecule has 0 bridgehead atoms. The van der Waals surface area contributed by atoms with Crippen LogP contribution >= 0.6 is 0 Å². The zero-order valence-corrected chi connectivity index (χ0v) is 18.5. The molecule has 1 aliphatic heterocycles. The number of anilines is 1. The van der Waals surface area contributed by atoms with Crippen molar-refractivity contribution in [2.45, 2.75) is 43.0 Å². The number of hydrogen-bond donors (Lipinski definition) is 8. The van der Waals surface area contributed by atoms with Crippen molar-refractivity contribution in [3.8, 4) is 0 Å². The number of nitrogens with zero attached hydrogens (tertiary/aromatic N) is 3. The van der Waals surface area contributed by atoms with E-state index in [0.29, 0.717) is 17.0 Å². The highest BCUT2D eigenvalue weighted by Gasteiger charge is 2.45. The summed E-state index contributed by atoms with van der Waals surface area (Å²) < 4.78 is 5.78. The first-order valence-electron chi connectivity index (χ1n) is 11.1. The van der Waals surface area contributed by atoms with Crippen LogP contribution in [0.4, 0.5) is 5.82 Å². The molecule has 6 atom stereocenters. The summed E-state index contributed by atoms with van der Waals surface area (Å²) in [5.41, 5.74) is 8.84. The monoisotopic (exact) mass is 482 g/mol. The number of para-hydroxylation sites is 1. The third-order valence-corrected chi connectivity index (χ3v) is 6.19. The van der Waals surface area contributed by atoms with Crippen LogP contribution in [0.15, 0.2) is 43.1 Å². The number of nitrogens with one attached hydrogen (secondary N) is 4. The summed E-state index contributed by atoms with van der Waals surface area (Å²) in [6.07, 6.45) is -0.271. The Morgan fingerprint density at radius 2 is 2.00 bits per heavy atom. The number of H-pyrrole nitrogens is 2. The van der Waals surface area contributed by atoms with E-state index >= 15 is 0 Å². The van der Waals surface area contributed by atoms with Crippen molar-refractivity contribution in [3.63, 3.8) is 0 Å². The normalized spacial score (nSPS) is 25.5. The van der Waals surface area contributed by atoms with Gasteiger partial charge in [0.15, 0.2) is 17.7 Å². The summed E-state index contributed by atoms with van der Waals surface area (Å²) >= 11 is 0. The third kappa shape index (κ3) is 4.42. The van der Waals surface area contributed by atoms with E-state index in [2.05, 4.69) is 35.6 Å². The third-order valence-electron chi connectivity index (χ3n) is 6.19. The SMILES string of the molecule is N[C@@H](Cc1c[nH]c2ccccc12)C(=O)N[C@@H]1[C@@H](O)[C@H](O)[C@@H](Nc2ncnc3nc[nH]c23)O[C@H]1CO. The lowest BCUT2D eigenvalue weighted by Crippen LogP contribution is -2.67. The van der Waals surface area contributed by atoms with E-state index in [1.807, 2.05) is 24.3 Å². The van der Waals surface area contributed by atoms with Crippen LogP contribution in [0, 0.1) is 0 Å². The zero-order valence-electron chi connectivity index (χ0n) is 18.5. The molecular formula is C22H26N8O5.